The summed E-state index contributed by atoms with van der Waals surface area (Å²) in [5.41, 5.74) is 8.07. The van der Waals surface area contributed by atoms with Gasteiger partial charge < -0.3 is 8.80 Å². The number of fused-ring (bicyclic) bond motifs is 6. The van der Waals surface area contributed by atoms with Crippen LogP contribution in [0, 0.1) is 0 Å². The highest BCUT2D eigenvalue weighted by atomic mass is 15.0. The first kappa shape index (κ1) is 19.5. The van der Waals surface area contributed by atoms with Crippen molar-refractivity contribution >= 4 is 119 Å². The molecule has 0 aliphatic carbocycles. The molecule has 0 saturated carbocycles. The maximum atomic E-state index is 2.68. The molecule has 0 aliphatic rings. The lowest BCUT2D eigenvalue weighted by molar-refractivity contribution is 1.26. The first-order valence-corrected chi connectivity index (χ1v) is 14.8. The normalized spacial score (nSPS) is 13.7. The molecule has 2 heteroatoms. The summed E-state index contributed by atoms with van der Waals surface area (Å²) in [6.07, 6.45) is 0. The lowest BCUT2D eigenvalue weighted by Gasteiger charge is -2.30. The van der Waals surface area contributed by atoms with E-state index in [1.165, 1.54) is 119 Å². The highest BCUT2D eigenvalue weighted by Gasteiger charge is 2.30. The molecular weight excluding hydrogens is 508 g/mol. The zero-order valence-electron chi connectivity index (χ0n) is 22.3. The third-order valence-corrected chi connectivity index (χ3v) is 10.8. The predicted octanol–water partition coefficient (Wildman–Crippen LogP) is 10.9. The summed E-state index contributed by atoms with van der Waals surface area (Å²) < 4.78 is 5.36. The Morgan fingerprint density at radius 3 is 0.643 bits per heavy atom. The average Bonchev–Trinajstić information content (AvgIpc) is 3.06. The van der Waals surface area contributed by atoms with E-state index in [2.05, 4.69) is 118 Å². The van der Waals surface area contributed by atoms with Crippen molar-refractivity contribution in [2.45, 2.75) is 0 Å². The molecule has 5 aromatic heterocycles. The van der Waals surface area contributed by atoms with E-state index < -0.39 is 0 Å². The Labute approximate surface area is 236 Å². The van der Waals surface area contributed by atoms with Gasteiger partial charge in [-0.25, -0.2) is 0 Å². The molecule has 0 amide bonds. The number of pyridine rings is 4. The number of nitrogens with zero attached hydrogens (tertiary/aromatic N) is 2. The van der Waals surface area contributed by atoms with Gasteiger partial charge in [0.15, 0.2) is 0 Å². The minimum atomic E-state index is 1.33. The van der Waals surface area contributed by atoms with E-state index in [-0.39, 0.29) is 0 Å². The molecule has 188 valence electrons. The van der Waals surface area contributed by atoms with E-state index in [0.29, 0.717) is 0 Å². The van der Waals surface area contributed by atoms with E-state index in [0.717, 1.165) is 0 Å². The summed E-state index contributed by atoms with van der Waals surface area (Å²) in [5.74, 6) is 0. The van der Waals surface area contributed by atoms with Crippen molar-refractivity contribution in [3.63, 3.8) is 0 Å². The Balaban J connectivity index is 1.64. The van der Waals surface area contributed by atoms with Crippen molar-refractivity contribution in [2.24, 2.45) is 0 Å². The number of benzene rings is 8. The van der Waals surface area contributed by atoms with Crippen LogP contribution in [0.3, 0.4) is 0 Å². The van der Waals surface area contributed by atoms with Crippen LogP contribution in [0.2, 0.25) is 0 Å². The van der Waals surface area contributed by atoms with Crippen molar-refractivity contribution < 1.29 is 0 Å². The van der Waals surface area contributed by atoms with Crippen molar-refractivity contribution in [1.29, 1.82) is 0 Å². The highest BCUT2D eigenvalue weighted by molar-refractivity contribution is 6.45. The van der Waals surface area contributed by atoms with Crippen molar-refractivity contribution in [1.82, 2.24) is 8.80 Å². The third-order valence-electron chi connectivity index (χ3n) is 10.8. The summed E-state index contributed by atoms with van der Waals surface area (Å²) in [7, 11) is 0. The summed E-state index contributed by atoms with van der Waals surface area (Å²) >= 11 is 0. The molecule has 0 radical (unpaired) electrons. The Morgan fingerprint density at radius 1 is 0.214 bits per heavy atom. The van der Waals surface area contributed by atoms with Crippen LogP contribution in [0.25, 0.3) is 119 Å². The summed E-state index contributed by atoms with van der Waals surface area (Å²) in [5, 5.41) is 21.6. The molecule has 13 rings (SSSR count). The smallest absolute Gasteiger partial charge is 0.0796 e. The van der Waals surface area contributed by atoms with Gasteiger partial charge in [-0.05, 0) is 43.1 Å². The lowest BCUT2D eigenvalue weighted by Crippen LogP contribution is -2.10. The van der Waals surface area contributed by atoms with Crippen molar-refractivity contribution in [3.05, 3.63) is 109 Å². The second kappa shape index (κ2) is 5.88. The molecule has 0 spiro atoms. The first-order valence-electron chi connectivity index (χ1n) is 14.8. The maximum absolute atomic E-state index is 2.68. The standard InChI is InChI=1S/C40H18N2/c1-7-19-20-8-2-12-24-29-17-6-18-30-26-14-4-10-22-21-9-3-13-25-28-16-5-15-27-23(11-1)31(19)37-38(32(20)24)42(36(29)30)40(34(22)26)39(33(21)25)41(37)35(27)28/h1-18H. The van der Waals surface area contributed by atoms with E-state index in [1.807, 2.05) is 0 Å². The van der Waals surface area contributed by atoms with Gasteiger partial charge >= 0.3 is 0 Å². The predicted molar refractivity (Wildman–Crippen MR) is 179 cm³/mol. The first-order chi connectivity index (χ1) is 20.9. The number of para-hydroxylation sites is 2. The molecule has 2 nitrogen and oxygen atoms in total. The van der Waals surface area contributed by atoms with Gasteiger partial charge in [-0.2, -0.15) is 0 Å². The van der Waals surface area contributed by atoms with Gasteiger partial charge in [0.1, 0.15) is 0 Å². The zero-order chi connectivity index (χ0) is 26.6. The molecule has 8 aromatic carbocycles. The van der Waals surface area contributed by atoms with Crippen molar-refractivity contribution in [3.8, 4) is 0 Å². The molecule has 0 N–H and O–H groups in total. The van der Waals surface area contributed by atoms with Gasteiger partial charge in [0.2, 0.25) is 0 Å². The Bertz CT molecular complexity index is 2530. The molecule has 0 atom stereocenters. The molecule has 42 heavy (non-hydrogen) atoms. The fourth-order valence-corrected chi connectivity index (χ4v) is 9.48. The minimum Gasteiger partial charge on any atom is -0.304 e. The molecule has 0 unspecified atom stereocenters. The second-order valence-electron chi connectivity index (χ2n) is 12.4. The van der Waals surface area contributed by atoms with Crippen LogP contribution in [-0.4, -0.2) is 8.80 Å². The van der Waals surface area contributed by atoms with Crippen LogP contribution < -0.4 is 0 Å². The third kappa shape index (κ3) is 1.70. The van der Waals surface area contributed by atoms with Crippen LogP contribution in [0.15, 0.2) is 109 Å². The largest absolute Gasteiger partial charge is 0.304 e. The van der Waals surface area contributed by atoms with Gasteiger partial charge in [0.25, 0.3) is 0 Å². The summed E-state index contributed by atoms with van der Waals surface area (Å²) in [4.78, 5) is 0. The molecule has 0 bridgehead atoms. The van der Waals surface area contributed by atoms with Crippen LogP contribution >= 0.6 is 0 Å². The van der Waals surface area contributed by atoms with Gasteiger partial charge in [0, 0.05) is 43.1 Å². The fourth-order valence-electron chi connectivity index (χ4n) is 9.48. The quantitative estimate of drug-likeness (QED) is 0.137. The van der Waals surface area contributed by atoms with E-state index in [9.17, 15) is 0 Å². The zero-order valence-corrected chi connectivity index (χ0v) is 22.3. The van der Waals surface area contributed by atoms with Crippen LogP contribution in [0.1, 0.15) is 0 Å². The Kier molecular flexibility index (Phi) is 2.73. The van der Waals surface area contributed by atoms with Gasteiger partial charge in [0.05, 0.1) is 33.1 Å². The number of hydrogen-bond donors (Lipinski definition) is 0. The maximum Gasteiger partial charge on any atom is 0.0796 e. The topological polar surface area (TPSA) is 8.82 Å². The molecule has 0 aliphatic heterocycles. The summed E-state index contributed by atoms with van der Waals surface area (Å²) in [6, 6.07) is 41.7. The van der Waals surface area contributed by atoms with E-state index >= 15 is 0 Å². The highest BCUT2D eigenvalue weighted by Crippen LogP contribution is 2.53. The van der Waals surface area contributed by atoms with Crippen LogP contribution in [0.4, 0.5) is 0 Å². The second-order valence-corrected chi connectivity index (χ2v) is 12.4. The molecule has 5 heterocycles. The average molecular weight is 527 g/mol. The van der Waals surface area contributed by atoms with Crippen LogP contribution in [-0.2, 0) is 0 Å². The fraction of sp³-hybridized carbons (Fsp3) is 0. The minimum absolute atomic E-state index is 1.33. The van der Waals surface area contributed by atoms with Gasteiger partial charge in [-0.15, -0.1) is 0 Å². The van der Waals surface area contributed by atoms with Crippen molar-refractivity contribution in [2.75, 3.05) is 0 Å². The lowest BCUT2D eigenvalue weighted by atomic mass is 9.85. The molecule has 13 aromatic rings. The SMILES string of the molecule is c1cc2c3cccc4c5cccc6c7cccc8c9cccc%10c%11cccc%12c(c1)c2c1c(c34)n(c56)c(c87)c(c9%10)n1c%12%11. The number of rotatable bonds is 0. The van der Waals surface area contributed by atoms with E-state index in [4.69, 9.17) is 0 Å². The number of hydrogen-bond acceptors (Lipinski definition) is 0. The Hall–Kier alpha value is -5.60. The molecular formula is C40H18N2. The number of aromatic nitrogens is 2. The van der Waals surface area contributed by atoms with Gasteiger partial charge in [-0.3, -0.25) is 0 Å². The van der Waals surface area contributed by atoms with E-state index in [1.54, 1.807) is 0 Å². The summed E-state index contributed by atoms with van der Waals surface area (Å²) in [6.45, 7) is 0. The van der Waals surface area contributed by atoms with Crippen LogP contribution in [0.5, 0.6) is 0 Å². The molecule has 0 fully saturated rings. The monoisotopic (exact) mass is 526 g/mol. The Morgan fingerprint density at radius 2 is 0.405 bits per heavy atom. The van der Waals surface area contributed by atoms with Gasteiger partial charge in [-0.1, -0.05) is 109 Å². The molecule has 0 saturated heterocycles.